The standard InChI is InChI=1S/C17H26N2O2/c1-13(2)21-10-6-5-9-18-17(20)16-11-14-7-3-4-8-15(14)12-19-16/h3-4,7-8,13,16,19H,5-6,9-12H2,1-2H3,(H,18,20). The van der Waals surface area contributed by atoms with E-state index in [2.05, 4.69) is 22.8 Å². The van der Waals surface area contributed by atoms with Crippen molar-refractivity contribution in [2.45, 2.75) is 51.8 Å². The highest BCUT2D eigenvalue weighted by molar-refractivity contribution is 5.82. The number of hydrogen-bond donors (Lipinski definition) is 2. The second-order valence-corrected chi connectivity index (χ2v) is 5.82. The summed E-state index contributed by atoms with van der Waals surface area (Å²) in [6, 6.07) is 8.20. The molecule has 0 spiro atoms. The average molecular weight is 290 g/mol. The van der Waals surface area contributed by atoms with E-state index in [0.717, 1.165) is 39.0 Å². The molecule has 21 heavy (non-hydrogen) atoms. The summed E-state index contributed by atoms with van der Waals surface area (Å²) >= 11 is 0. The summed E-state index contributed by atoms with van der Waals surface area (Å²) in [6.07, 6.45) is 3.01. The number of carbonyl (C=O) groups is 1. The van der Waals surface area contributed by atoms with Crippen molar-refractivity contribution in [1.29, 1.82) is 0 Å². The molecule has 1 atom stereocenters. The lowest BCUT2D eigenvalue weighted by Crippen LogP contribution is -2.47. The van der Waals surface area contributed by atoms with Crippen molar-refractivity contribution >= 4 is 5.91 Å². The van der Waals surface area contributed by atoms with Crippen molar-refractivity contribution in [3.05, 3.63) is 35.4 Å². The van der Waals surface area contributed by atoms with Crippen LogP contribution in [0.4, 0.5) is 0 Å². The Labute approximate surface area is 127 Å². The number of carbonyl (C=O) groups excluding carboxylic acids is 1. The van der Waals surface area contributed by atoms with Crippen LogP contribution in [-0.4, -0.2) is 31.2 Å². The highest BCUT2D eigenvalue weighted by atomic mass is 16.5. The minimum atomic E-state index is -0.105. The normalized spacial score (nSPS) is 17.6. The van der Waals surface area contributed by atoms with E-state index < -0.39 is 0 Å². The van der Waals surface area contributed by atoms with Gasteiger partial charge in [-0.3, -0.25) is 4.79 Å². The third-order valence-electron chi connectivity index (χ3n) is 3.72. The minimum Gasteiger partial charge on any atom is -0.379 e. The number of unbranched alkanes of at least 4 members (excludes halogenated alkanes) is 1. The van der Waals surface area contributed by atoms with E-state index in [1.165, 1.54) is 11.1 Å². The Morgan fingerprint density at radius 2 is 2.10 bits per heavy atom. The number of hydrogen-bond acceptors (Lipinski definition) is 3. The zero-order valence-electron chi connectivity index (χ0n) is 13.0. The van der Waals surface area contributed by atoms with E-state index in [1.54, 1.807) is 0 Å². The van der Waals surface area contributed by atoms with Gasteiger partial charge in [0.25, 0.3) is 0 Å². The first-order chi connectivity index (χ1) is 10.2. The van der Waals surface area contributed by atoms with Gasteiger partial charge in [-0.1, -0.05) is 24.3 Å². The zero-order valence-corrected chi connectivity index (χ0v) is 13.0. The van der Waals surface area contributed by atoms with E-state index in [4.69, 9.17) is 4.74 Å². The van der Waals surface area contributed by atoms with Crippen molar-refractivity contribution in [3.8, 4) is 0 Å². The quantitative estimate of drug-likeness (QED) is 0.755. The van der Waals surface area contributed by atoms with Gasteiger partial charge < -0.3 is 15.4 Å². The van der Waals surface area contributed by atoms with Crippen LogP contribution in [0.3, 0.4) is 0 Å². The maximum absolute atomic E-state index is 12.1. The lowest BCUT2D eigenvalue weighted by molar-refractivity contribution is -0.123. The third-order valence-corrected chi connectivity index (χ3v) is 3.72. The van der Waals surface area contributed by atoms with Crippen LogP contribution in [0.5, 0.6) is 0 Å². The van der Waals surface area contributed by atoms with Crippen molar-refractivity contribution in [2.24, 2.45) is 0 Å². The molecule has 1 aliphatic rings. The second kappa shape index (κ2) is 8.15. The molecule has 1 aromatic carbocycles. The molecule has 1 amide bonds. The summed E-state index contributed by atoms with van der Waals surface area (Å²) in [5, 5.41) is 6.32. The van der Waals surface area contributed by atoms with Gasteiger partial charge in [0, 0.05) is 19.7 Å². The van der Waals surface area contributed by atoms with Crippen LogP contribution in [0.15, 0.2) is 24.3 Å². The molecule has 2 N–H and O–H groups in total. The lowest BCUT2D eigenvalue weighted by Gasteiger charge is -2.25. The first-order valence-electron chi connectivity index (χ1n) is 7.86. The Morgan fingerprint density at radius 1 is 1.33 bits per heavy atom. The smallest absolute Gasteiger partial charge is 0.237 e. The van der Waals surface area contributed by atoms with Gasteiger partial charge in [-0.15, -0.1) is 0 Å². The lowest BCUT2D eigenvalue weighted by atomic mass is 9.95. The van der Waals surface area contributed by atoms with Crippen LogP contribution in [0.25, 0.3) is 0 Å². The van der Waals surface area contributed by atoms with Crippen LogP contribution in [-0.2, 0) is 22.5 Å². The first-order valence-corrected chi connectivity index (χ1v) is 7.86. The molecule has 1 unspecified atom stereocenters. The van der Waals surface area contributed by atoms with E-state index in [1.807, 2.05) is 26.0 Å². The summed E-state index contributed by atoms with van der Waals surface area (Å²) < 4.78 is 5.48. The molecule has 4 heteroatoms. The van der Waals surface area contributed by atoms with Crippen molar-refractivity contribution in [2.75, 3.05) is 13.2 Å². The molecule has 0 fully saturated rings. The maximum atomic E-state index is 12.1. The van der Waals surface area contributed by atoms with Gasteiger partial charge in [-0.05, 0) is 44.2 Å². The third kappa shape index (κ3) is 5.14. The van der Waals surface area contributed by atoms with Gasteiger partial charge in [0.2, 0.25) is 5.91 Å². The van der Waals surface area contributed by atoms with Crippen LogP contribution >= 0.6 is 0 Å². The highest BCUT2D eigenvalue weighted by Gasteiger charge is 2.23. The molecular weight excluding hydrogens is 264 g/mol. The van der Waals surface area contributed by atoms with Crippen LogP contribution < -0.4 is 10.6 Å². The van der Waals surface area contributed by atoms with Gasteiger partial charge in [-0.25, -0.2) is 0 Å². The van der Waals surface area contributed by atoms with E-state index in [0.29, 0.717) is 0 Å². The summed E-state index contributed by atoms with van der Waals surface area (Å²) in [7, 11) is 0. The molecule has 0 saturated heterocycles. The molecule has 1 heterocycles. The van der Waals surface area contributed by atoms with Crippen LogP contribution in [0, 0.1) is 0 Å². The van der Waals surface area contributed by atoms with Crippen molar-refractivity contribution < 1.29 is 9.53 Å². The summed E-state index contributed by atoms with van der Waals surface area (Å²) in [5.41, 5.74) is 2.58. The molecule has 4 nitrogen and oxygen atoms in total. The molecule has 0 aliphatic carbocycles. The number of benzene rings is 1. The SMILES string of the molecule is CC(C)OCCCCNC(=O)C1Cc2ccccc2CN1. The van der Waals surface area contributed by atoms with Gasteiger partial charge >= 0.3 is 0 Å². The monoisotopic (exact) mass is 290 g/mol. The largest absolute Gasteiger partial charge is 0.379 e. The zero-order chi connectivity index (χ0) is 15.1. The Bertz CT molecular complexity index is 460. The Kier molecular flexibility index (Phi) is 6.21. The number of amides is 1. The number of rotatable bonds is 7. The number of fused-ring (bicyclic) bond motifs is 1. The minimum absolute atomic E-state index is 0.105. The number of nitrogens with one attached hydrogen (secondary N) is 2. The Morgan fingerprint density at radius 3 is 2.86 bits per heavy atom. The van der Waals surface area contributed by atoms with E-state index in [-0.39, 0.29) is 18.1 Å². The molecule has 0 radical (unpaired) electrons. The fourth-order valence-corrected chi connectivity index (χ4v) is 2.52. The summed E-state index contributed by atoms with van der Waals surface area (Å²) in [5.74, 6) is 0.106. The van der Waals surface area contributed by atoms with Gasteiger partial charge in [0.1, 0.15) is 0 Å². The molecular formula is C17H26N2O2. The molecule has 1 aliphatic heterocycles. The topological polar surface area (TPSA) is 50.4 Å². The van der Waals surface area contributed by atoms with Crippen molar-refractivity contribution in [3.63, 3.8) is 0 Å². The molecule has 0 bridgehead atoms. The first kappa shape index (κ1) is 16.0. The molecule has 0 aromatic heterocycles. The predicted molar refractivity (Wildman–Crippen MR) is 84.1 cm³/mol. The van der Waals surface area contributed by atoms with Gasteiger partial charge in [0.05, 0.1) is 12.1 Å². The number of ether oxygens (including phenoxy) is 1. The summed E-state index contributed by atoms with van der Waals surface area (Å²) in [4.78, 5) is 12.1. The predicted octanol–water partition coefficient (Wildman–Crippen LogP) is 2.02. The van der Waals surface area contributed by atoms with Gasteiger partial charge in [0.15, 0.2) is 0 Å². The Balaban J connectivity index is 1.66. The van der Waals surface area contributed by atoms with E-state index >= 15 is 0 Å². The fourth-order valence-electron chi connectivity index (χ4n) is 2.52. The fraction of sp³-hybridized carbons (Fsp3) is 0.588. The summed E-state index contributed by atoms with van der Waals surface area (Å²) in [6.45, 7) is 6.34. The molecule has 1 aromatic rings. The molecule has 2 rings (SSSR count). The molecule has 0 saturated carbocycles. The van der Waals surface area contributed by atoms with E-state index in [9.17, 15) is 4.79 Å². The van der Waals surface area contributed by atoms with Crippen LogP contribution in [0.2, 0.25) is 0 Å². The van der Waals surface area contributed by atoms with Gasteiger partial charge in [-0.2, -0.15) is 0 Å². The average Bonchev–Trinajstić information content (AvgIpc) is 2.49. The van der Waals surface area contributed by atoms with Crippen LogP contribution in [0.1, 0.15) is 37.8 Å². The molecule has 116 valence electrons. The van der Waals surface area contributed by atoms with Crippen molar-refractivity contribution in [1.82, 2.24) is 10.6 Å². The second-order valence-electron chi connectivity index (χ2n) is 5.82. The highest BCUT2D eigenvalue weighted by Crippen LogP contribution is 2.16. The Hall–Kier alpha value is -1.39. The maximum Gasteiger partial charge on any atom is 0.237 e.